The minimum Gasteiger partial charge on any atom is -0.455 e. The van der Waals surface area contributed by atoms with E-state index in [-0.39, 0.29) is 11.6 Å². The van der Waals surface area contributed by atoms with Gasteiger partial charge in [-0.05, 0) is 50.4 Å². The fraction of sp³-hybridized carbons (Fsp3) is 0.800. The second-order valence-corrected chi connectivity index (χ2v) is 6.70. The molecule has 4 rings (SSSR count). The first-order chi connectivity index (χ1) is 8.13. The van der Waals surface area contributed by atoms with E-state index in [9.17, 15) is 4.79 Å². The van der Waals surface area contributed by atoms with Gasteiger partial charge in [-0.1, -0.05) is 13.0 Å². The Bertz CT molecular complexity index is 411. The standard InChI is InChI=1S/C15H20O2/c1-8(2)14(16)17-15-7-13(15)11-6-12(15)10-5-3-4-9(10)11/h9-13H,1,3-7H2,2H3. The normalized spacial score (nSPS) is 53.1. The van der Waals surface area contributed by atoms with Crippen molar-refractivity contribution in [2.24, 2.45) is 29.6 Å². The van der Waals surface area contributed by atoms with Crippen molar-refractivity contribution in [1.82, 2.24) is 0 Å². The number of hydrogen-bond donors (Lipinski definition) is 0. The van der Waals surface area contributed by atoms with Crippen molar-refractivity contribution < 1.29 is 9.53 Å². The summed E-state index contributed by atoms with van der Waals surface area (Å²) in [7, 11) is 0. The van der Waals surface area contributed by atoms with Crippen LogP contribution in [0.1, 0.15) is 39.0 Å². The lowest BCUT2D eigenvalue weighted by atomic mass is 9.80. The maximum absolute atomic E-state index is 11.8. The van der Waals surface area contributed by atoms with E-state index in [4.69, 9.17) is 4.74 Å². The highest BCUT2D eigenvalue weighted by Crippen LogP contribution is 2.76. The van der Waals surface area contributed by atoms with E-state index in [0.29, 0.717) is 17.4 Å². The molecule has 17 heavy (non-hydrogen) atoms. The lowest BCUT2D eigenvalue weighted by molar-refractivity contribution is -0.151. The van der Waals surface area contributed by atoms with E-state index in [1.54, 1.807) is 6.92 Å². The number of hydrogen-bond acceptors (Lipinski definition) is 2. The van der Waals surface area contributed by atoms with Gasteiger partial charge in [-0.25, -0.2) is 4.79 Å². The first kappa shape index (κ1) is 10.2. The van der Waals surface area contributed by atoms with Crippen molar-refractivity contribution in [3.05, 3.63) is 12.2 Å². The third kappa shape index (κ3) is 1.10. The summed E-state index contributed by atoms with van der Waals surface area (Å²) in [4.78, 5) is 11.8. The lowest BCUT2D eigenvalue weighted by Gasteiger charge is -2.31. The maximum atomic E-state index is 11.8. The topological polar surface area (TPSA) is 26.3 Å². The number of carbonyl (C=O) groups excluding carboxylic acids is 1. The van der Waals surface area contributed by atoms with Crippen LogP contribution < -0.4 is 0 Å². The van der Waals surface area contributed by atoms with Gasteiger partial charge in [-0.2, -0.15) is 0 Å². The number of carbonyl (C=O) groups is 1. The molecular weight excluding hydrogens is 212 g/mol. The Morgan fingerprint density at radius 3 is 2.76 bits per heavy atom. The fourth-order valence-corrected chi connectivity index (χ4v) is 5.39. The minimum atomic E-state index is -0.158. The first-order valence-electron chi connectivity index (χ1n) is 7.02. The molecule has 4 saturated carbocycles. The summed E-state index contributed by atoms with van der Waals surface area (Å²) in [5, 5.41) is 0. The average molecular weight is 232 g/mol. The average Bonchev–Trinajstić information content (AvgIpc) is 2.66. The highest BCUT2D eigenvalue weighted by Gasteiger charge is 2.77. The summed E-state index contributed by atoms with van der Waals surface area (Å²) in [6, 6.07) is 0. The summed E-state index contributed by atoms with van der Waals surface area (Å²) < 4.78 is 5.84. The van der Waals surface area contributed by atoms with Crippen molar-refractivity contribution in [2.45, 2.75) is 44.6 Å². The highest BCUT2D eigenvalue weighted by molar-refractivity contribution is 5.87. The summed E-state index contributed by atoms with van der Waals surface area (Å²) in [5.74, 6) is 3.96. The van der Waals surface area contributed by atoms with Gasteiger partial charge in [-0.3, -0.25) is 0 Å². The number of ether oxygens (including phenoxy) is 1. The van der Waals surface area contributed by atoms with Gasteiger partial charge in [0.2, 0.25) is 0 Å². The second kappa shape index (κ2) is 2.96. The van der Waals surface area contributed by atoms with Crippen molar-refractivity contribution in [1.29, 1.82) is 0 Å². The largest absolute Gasteiger partial charge is 0.455 e. The van der Waals surface area contributed by atoms with E-state index >= 15 is 0 Å². The molecule has 0 N–H and O–H groups in total. The Hall–Kier alpha value is -0.790. The van der Waals surface area contributed by atoms with Gasteiger partial charge in [0.1, 0.15) is 5.60 Å². The Labute approximate surface area is 102 Å². The van der Waals surface area contributed by atoms with E-state index in [2.05, 4.69) is 6.58 Å². The van der Waals surface area contributed by atoms with Crippen molar-refractivity contribution in [2.75, 3.05) is 0 Å². The molecule has 0 saturated heterocycles. The SMILES string of the molecule is C=C(C)C(=O)OC12CC1C1CC2C2CCCC21. The molecule has 0 radical (unpaired) electrons. The summed E-state index contributed by atoms with van der Waals surface area (Å²) >= 11 is 0. The molecule has 2 nitrogen and oxygen atoms in total. The Morgan fingerprint density at radius 1 is 1.24 bits per heavy atom. The molecule has 4 fully saturated rings. The molecule has 0 amide bonds. The smallest absolute Gasteiger partial charge is 0.333 e. The van der Waals surface area contributed by atoms with Crippen LogP contribution in [0.3, 0.4) is 0 Å². The predicted molar refractivity (Wildman–Crippen MR) is 64.2 cm³/mol. The molecule has 2 heteroatoms. The summed E-state index contributed by atoms with van der Waals surface area (Å²) in [5.41, 5.74) is 0.516. The quantitative estimate of drug-likeness (QED) is 0.540. The summed E-state index contributed by atoms with van der Waals surface area (Å²) in [6.07, 6.45) is 6.70. The van der Waals surface area contributed by atoms with Crippen LogP contribution in [0.5, 0.6) is 0 Å². The third-order valence-corrected chi connectivity index (χ3v) is 6.00. The van der Waals surface area contributed by atoms with E-state index in [0.717, 1.165) is 24.2 Å². The number of fused-ring (bicyclic) bond motifs is 8. The monoisotopic (exact) mass is 232 g/mol. The second-order valence-electron chi connectivity index (χ2n) is 6.70. The zero-order chi connectivity index (χ0) is 11.8. The van der Waals surface area contributed by atoms with Crippen LogP contribution in [-0.4, -0.2) is 11.6 Å². The number of rotatable bonds is 2. The Morgan fingerprint density at radius 2 is 2.00 bits per heavy atom. The molecule has 4 aliphatic carbocycles. The zero-order valence-electron chi connectivity index (χ0n) is 10.4. The molecule has 0 aromatic rings. The molecule has 6 atom stereocenters. The molecule has 0 spiro atoms. The molecule has 4 aliphatic rings. The van der Waals surface area contributed by atoms with Crippen LogP contribution >= 0.6 is 0 Å². The van der Waals surface area contributed by atoms with E-state index in [1.807, 2.05) is 0 Å². The number of esters is 1. The van der Waals surface area contributed by atoms with Crippen LogP contribution in [0.4, 0.5) is 0 Å². The zero-order valence-corrected chi connectivity index (χ0v) is 10.4. The summed E-state index contributed by atoms with van der Waals surface area (Å²) in [6.45, 7) is 5.45. The third-order valence-electron chi connectivity index (χ3n) is 6.00. The van der Waals surface area contributed by atoms with Crippen molar-refractivity contribution >= 4 is 5.97 Å². The van der Waals surface area contributed by atoms with Crippen LogP contribution in [-0.2, 0) is 9.53 Å². The first-order valence-corrected chi connectivity index (χ1v) is 7.02. The van der Waals surface area contributed by atoms with Crippen LogP contribution in [0, 0.1) is 29.6 Å². The maximum Gasteiger partial charge on any atom is 0.333 e. The molecule has 2 bridgehead atoms. The molecule has 0 aliphatic heterocycles. The molecule has 6 unspecified atom stereocenters. The molecule has 0 aromatic carbocycles. The Balaban J connectivity index is 1.59. The van der Waals surface area contributed by atoms with Gasteiger partial charge in [0, 0.05) is 17.4 Å². The highest BCUT2D eigenvalue weighted by atomic mass is 16.6. The predicted octanol–water partition coefficient (Wildman–Crippen LogP) is 2.93. The van der Waals surface area contributed by atoms with Crippen LogP contribution in [0.25, 0.3) is 0 Å². The molecular formula is C15H20O2. The molecule has 0 heterocycles. The van der Waals surface area contributed by atoms with E-state index in [1.165, 1.54) is 25.7 Å². The lowest BCUT2D eigenvalue weighted by Crippen LogP contribution is -2.35. The minimum absolute atomic E-state index is 0.0355. The van der Waals surface area contributed by atoms with E-state index < -0.39 is 0 Å². The Kier molecular flexibility index (Phi) is 1.77. The van der Waals surface area contributed by atoms with Gasteiger partial charge >= 0.3 is 5.97 Å². The van der Waals surface area contributed by atoms with Crippen LogP contribution in [0.2, 0.25) is 0 Å². The van der Waals surface area contributed by atoms with Crippen molar-refractivity contribution in [3.8, 4) is 0 Å². The van der Waals surface area contributed by atoms with Gasteiger partial charge in [0.15, 0.2) is 0 Å². The fourth-order valence-electron chi connectivity index (χ4n) is 5.39. The van der Waals surface area contributed by atoms with Crippen molar-refractivity contribution in [3.63, 3.8) is 0 Å². The van der Waals surface area contributed by atoms with Crippen LogP contribution in [0.15, 0.2) is 12.2 Å². The van der Waals surface area contributed by atoms with Gasteiger partial charge < -0.3 is 4.74 Å². The molecule has 92 valence electrons. The van der Waals surface area contributed by atoms with Gasteiger partial charge in [-0.15, -0.1) is 0 Å². The molecule has 0 aromatic heterocycles. The van der Waals surface area contributed by atoms with Gasteiger partial charge in [0.05, 0.1) is 0 Å². The van der Waals surface area contributed by atoms with Gasteiger partial charge in [0.25, 0.3) is 0 Å².